The van der Waals surface area contributed by atoms with Crippen LogP contribution in [0.25, 0.3) is 0 Å². The van der Waals surface area contributed by atoms with E-state index in [1.807, 2.05) is 0 Å². The van der Waals surface area contributed by atoms with E-state index in [1.165, 1.54) is 56.2 Å². The average Bonchev–Trinajstić information content (AvgIpc) is 3.34. The molecule has 2 aliphatic heterocycles. The maximum absolute atomic E-state index is 7.22. The Morgan fingerprint density at radius 2 is 1.53 bits per heavy atom. The lowest BCUT2D eigenvalue weighted by molar-refractivity contribution is -0.438. The van der Waals surface area contributed by atoms with Crippen molar-refractivity contribution in [1.29, 1.82) is 0 Å². The van der Waals surface area contributed by atoms with Gasteiger partial charge in [-0.25, -0.2) is 0 Å². The lowest BCUT2D eigenvalue weighted by atomic mass is 9.80. The highest BCUT2D eigenvalue weighted by Crippen LogP contribution is 2.48. The average molecular weight is 628 g/mol. The zero-order chi connectivity index (χ0) is 32.4. The van der Waals surface area contributed by atoms with Gasteiger partial charge in [0.25, 0.3) is 0 Å². The van der Waals surface area contributed by atoms with Crippen molar-refractivity contribution < 1.29 is 14.0 Å². The van der Waals surface area contributed by atoms with Gasteiger partial charge in [-0.1, -0.05) is 66.9 Å². The molecule has 3 aliphatic rings. The molecule has 0 aromatic heterocycles. The quantitative estimate of drug-likeness (QED) is 0.183. The molecule has 240 valence electrons. The van der Waals surface area contributed by atoms with Crippen molar-refractivity contribution in [2.75, 3.05) is 45.4 Å². The molecule has 0 amide bonds. The third-order valence-corrected chi connectivity index (χ3v) is 10.4. The molecule has 2 aromatic carbocycles. The number of halogens is 1. The van der Waals surface area contributed by atoms with Gasteiger partial charge in [-0.05, 0) is 88.3 Å². The molecule has 45 heavy (non-hydrogen) atoms. The van der Waals surface area contributed by atoms with Gasteiger partial charge in [-0.15, -0.1) is 0 Å². The van der Waals surface area contributed by atoms with Gasteiger partial charge < -0.3 is 14.4 Å². The fraction of sp³-hybridized carbons (Fsp3) is 0.475. The monoisotopic (exact) mass is 627 g/mol. The molecule has 1 aliphatic carbocycles. The van der Waals surface area contributed by atoms with Crippen molar-refractivity contribution in [2.45, 2.75) is 84.5 Å². The highest BCUT2D eigenvalue weighted by atomic mass is 35.5. The van der Waals surface area contributed by atoms with Gasteiger partial charge in [-0.3, -0.25) is 0 Å². The largest absolute Gasteiger partial charge is 0.385 e. The van der Waals surface area contributed by atoms with Crippen molar-refractivity contribution >= 4 is 28.7 Å². The van der Waals surface area contributed by atoms with Crippen LogP contribution < -0.4 is 4.90 Å². The fourth-order valence-electron chi connectivity index (χ4n) is 7.36. The standard InChI is InChI=1S/C40H52ClN2O2/c1-28-14-18-34-32(26-28)39(3,4)36(42(34)22-10-24-44-7)20-16-30-12-9-13-31(38(30)41)17-21-37-40(5,6)33-27-29(2)15-19-35(33)43(37)23-11-25-45-8/h14-21,26-27H,9-13,22-25H2,1-8H3/q+1. The molecule has 4 nitrogen and oxygen atoms in total. The summed E-state index contributed by atoms with van der Waals surface area (Å²) >= 11 is 7.22. The summed E-state index contributed by atoms with van der Waals surface area (Å²) in [6, 6.07) is 13.7. The van der Waals surface area contributed by atoms with Gasteiger partial charge in [0.2, 0.25) is 5.69 Å². The second kappa shape index (κ2) is 13.8. The van der Waals surface area contributed by atoms with Crippen molar-refractivity contribution in [3.63, 3.8) is 0 Å². The molecule has 0 spiro atoms. The third kappa shape index (κ3) is 6.66. The highest BCUT2D eigenvalue weighted by Gasteiger charge is 2.44. The van der Waals surface area contributed by atoms with E-state index in [2.05, 4.69) is 112 Å². The Hall–Kier alpha value is -2.92. The SMILES string of the molecule is COCCCN1/C(=C/C=C2\CCCC(/C=C/C3=[N+](CCCOC)c4ccc(C)cc4C3(C)C)=C2Cl)C(C)(C)c2cc(C)ccc21. The smallest absolute Gasteiger partial charge is 0.209 e. The number of ether oxygens (including phenoxy) is 2. The first-order valence-corrected chi connectivity index (χ1v) is 17.0. The Morgan fingerprint density at radius 1 is 0.844 bits per heavy atom. The van der Waals surface area contributed by atoms with E-state index in [0.29, 0.717) is 0 Å². The first-order chi connectivity index (χ1) is 21.5. The Bertz CT molecular complexity index is 1590. The Kier molecular flexibility index (Phi) is 10.3. The number of benzene rings is 2. The van der Waals surface area contributed by atoms with Crippen LogP contribution >= 0.6 is 11.6 Å². The first kappa shape index (κ1) is 33.4. The van der Waals surface area contributed by atoms with Crippen molar-refractivity contribution in [3.05, 3.63) is 105 Å². The zero-order valence-electron chi connectivity index (χ0n) is 28.7. The molecule has 5 heteroatoms. The minimum absolute atomic E-state index is 0.0938. The van der Waals surface area contributed by atoms with Gasteiger partial charge in [0.15, 0.2) is 12.3 Å². The molecular weight excluding hydrogens is 576 g/mol. The number of anilines is 1. The normalized spacial score (nSPS) is 20.7. The number of hydrogen-bond donors (Lipinski definition) is 0. The van der Waals surface area contributed by atoms with Crippen LogP contribution in [0.2, 0.25) is 0 Å². The Morgan fingerprint density at radius 3 is 2.27 bits per heavy atom. The van der Waals surface area contributed by atoms with E-state index in [-0.39, 0.29) is 10.8 Å². The van der Waals surface area contributed by atoms with Crippen LogP contribution in [0, 0.1) is 13.8 Å². The number of methoxy groups -OCH3 is 2. The number of aryl methyl sites for hydroxylation is 2. The summed E-state index contributed by atoms with van der Waals surface area (Å²) in [5.41, 5.74) is 12.9. The zero-order valence-corrected chi connectivity index (χ0v) is 29.5. The molecule has 2 heterocycles. The van der Waals surface area contributed by atoms with Crippen LogP contribution in [0.3, 0.4) is 0 Å². The number of nitrogens with zero attached hydrogens (tertiary/aromatic N) is 2. The lowest BCUT2D eigenvalue weighted by Gasteiger charge is -2.27. The summed E-state index contributed by atoms with van der Waals surface area (Å²) in [6.07, 6.45) is 14.3. The van der Waals surface area contributed by atoms with Crippen LogP contribution in [0.4, 0.5) is 11.4 Å². The summed E-state index contributed by atoms with van der Waals surface area (Å²) < 4.78 is 13.3. The van der Waals surface area contributed by atoms with Crippen LogP contribution in [0.15, 0.2) is 82.6 Å². The lowest BCUT2D eigenvalue weighted by Crippen LogP contribution is -2.28. The summed E-state index contributed by atoms with van der Waals surface area (Å²) in [7, 11) is 3.56. The van der Waals surface area contributed by atoms with E-state index >= 15 is 0 Å². The van der Waals surface area contributed by atoms with E-state index in [0.717, 1.165) is 63.4 Å². The molecule has 0 saturated heterocycles. The van der Waals surface area contributed by atoms with Crippen LogP contribution in [0.5, 0.6) is 0 Å². The maximum Gasteiger partial charge on any atom is 0.209 e. The van der Waals surface area contributed by atoms with Crippen LogP contribution in [-0.4, -0.2) is 50.8 Å². The molecule has 5 rings (SSSR count). The van der Waals surface area contributed by atoms with Crippen LogP contribution in [0.1, 0.15) is 82.1 Å². The highest BCUT2D eigenvalue weighted by molar-refractivity contribution is 6.32. The molecule has 0 fully saturated rings. The van der Waals surface area contributed by atoms with Gasteiger partial charge >= 0.3 is 0 Å². The molecular formula is C40H52ClN2O2+. The van der Waals surface area contributed by atoms with Crippen molar-refractivity contribution in [1.82, 2.24) is 0 Å². The first-order valence-electron chi connectivity index (χ1n) is 16.6. The molecule has 2 aromatic rings. The number of allylic oxidation sites excluding steroid dienone is 8. The fourth-order valence-corrected chi connectivity index (χ4v) is 7.68. The summed E-state index contributed by atoms with van der Waals surface area (Å²) in [5, 5.41) is 0.903. The van der Waals surface area contributed by atoms with E-state index in [1.54, 1.807) is 14.2 Å². The van der Waals surface area contributed by atoms with E-state index < -0.39 is 0 Å². The minimum atomic E-state index is -0.0938. The minimum Gasteiger partial charge on any atom is -0.385 e. The Labute approximate surface area is 276 Å². The molecule has 0 atom stereocenters. The van der Waals surface area contributed by atoms with Crippen LogP contribution in [-0.2, 0) is 20.3 Å². The number of hydrogen-bond acceptors (Lipinski definition) is 3. The van der Waals surface area contributed by atoms with Gasteiger partial charge in [0, 0.05) is 73.3 Å². The molecule has 0 N–H and O–H groups in total. The second-order valence-electron chi connectivity index (χ2n) is 13.9. The van der Waals surface area contributed by atoms with Crippen molar-refractivity contribution in [3.8, 4) is 0 Å². The van der Waals surface area contributed by atoms with Gasteiger partial charge in [0.05, 0.1) is 12.0 Å². The number of rotatable bonds is 11. The van der Waals surface area contributed by atoms with E-state index in [9.17, 15) is 0 Å². The molecule has 0 unspecified atom stereocenters. The second-order valence-corrected chi connectivity index (χ2v) is 14.3. The molecule has 0 radical (unpaired) electrons. The Balaban J connectivity index is 1.48. The maximum atomic E-state index is 7.22. The topological polar surface area (TPSA) is 24.7 Å². The predicted molar refractivity (Wildman–Crippen MR) is 191 cm³/mol. The van der Waals surface area contributed by atoms with Gasteiger partial charge in [0.1, 0.15) is 0 Å². The van der Waals surface area contributed by atoms with Crippen molar-refractivity contribution in [2.24, 2.45) is 0 Å². The summed E-state index contributed by atoms with van der Waals surface area (Å²) in [5.74, 6) is 0. The summed E-state index contributed by atoms with van der Waals surface area (Å²) in [6.45, 7) is 17.1. The third-order valence-electron chi connectivity index (χ3n) is 9.90. The predicted octanol–water partition coefficient (Wildman–Crippen LogP) is 9.59. The summed E-state index contributed by atoms with van der Waals surface area (Å²) in [4.78, 5) is 2.49. The van der Waals surface area contributed by atoms with E-state index in [4.69, 9.17) is 21.1 Å². The molecule has 0 saturated carbocycles. The van der Waals surface area contributed by atoms with Gasteiger partial charge in [-0.2, -0.15) is 4.58 Å². The number of fused-ring (bicyclic) bond motifs is 2. The molecule has 0 bridgehead atoms.